The Labute approximate surface area is 173 Å². The number of pyridine rings is 1. The van der Waals surface area contributed by atoms with Gasteiger partial charge in [-0.05, 0) is 30.3 Å². The molecule has 0 fully saturated rings. The highest BCUT2D eigenvalue weighted by atomic mass is 32.2. The summed E-state index contributed by atoms with van der Waals surface area (Å²) in [6, 6.07) is 9.61. The fourth-order valence-corrected chi connectivity index (χ4v) is 4.13. The fraction of sp³-hybridized carbons (Fsp3) is 0.211. The van der Waals surface area contributed by atoms with E-state index in [-0.39, 0.29) is 28.0 Å². The average Bonchev–Trinajstić information content (AvgIpc) is 3.26. The van der Waals surface area contributed by atoms with Gasteiger partial charge in [0, 0.05) is 18.0 Å². The molecule has 2 heterocycles. The van der Waals surface area contributed by atoms with Gasteiger partial charge in [0.05, 0.1) is 27.9 Å². The summed E-state index contributed by atoms with van der Waals surface area (Å²) in [6.45, 7) is 0.401. The van der Waals surface area contributed by atoms with Crippen molar-refractivity contribution in [1.82, 2.24) is 19.5 Å². The van der Waals surface area contributed by atoms with Gasteiger partial charge in [-0.3, -0.25) is 14.2 Å². The van der Waals surface area contributed by atoms with Crippen molar-refractivity contribution in [3.05, 3.63) is 60.0 Å². The van der Waals surface area contributed by atoms with Crippen LogP contribution in [0.4, 0.5) is 0 Å². The van der Waals surface area contributed by atoms with Crippen molar-refractivity contribution in [3.8, 4) is 17.4 Å². The van der Waals surface area contributed by atoms with Gasteiger partial charge in [-0.25, -0.2) is 14.0 Å². The van der Waals surface area contributed by atoms with Gasteiger partial charge in [-0.15, -0.1) is 0 Å². The zero-order valence-electron chi connectivity index (χ0n) is 16.6. The largest absolute Gasteiger partial charge is 0.495 e. The number of ether oxygens (including phenoxy) is 3. The van der Waals surface area contributed by atoms with Crippen molar-refractivity contribution in [3.63, 3.8) is 0 Å². The minimum absolute atomic E-state index is 0.0510. The van der Waals surface area contributed by atoms with Gasteiger partial charge in [0.15, 0.2) is 14.8 Å². The van der Waals surface area contributed by atoms with Crippen LogP contribution < -0.4 is 18.9 Å². The smallest absolute Gasteiger partial charge is 0.282 e. The summed E-state index contributed by atoms with van der Waals surface area (Å²) >= 11 is 0. The third kappa shape index (κ3) is 4.35. The topological polar surface area (TPSA) is 128 Å². The summed E-state index contributed by atoms with van der Waals surface area (Å²) in [5, 5.41) is 4.13. The molecule has 0 radical (unpaired) electrons. The zero-order valence-corrected chi connectivity index (χ0v) is 17.4. The van der Waals surface area contributed by atoms with Gasteiger partial charge in [0.1, 0.15) is 17.2 Å². The molecule has 3 rings (SSSR count). The van der Waals surface area contributed by atoms with Crippen LogP contribution in [0, 0.1) is 4.78 Å². The first-order valence-corrected chi connectivity index (χ1v) is 10.3. The number of rotatable bonds is 8. The lowest BCUT2D eigenvalue weighted by molar-refractivity contribution is 0.0976. The number of nitrogens with one attached hydrogen (secondary N) is 2. The number of methoxy groups -OCH3 is 3. The van der Waals surface area contributed by atoms with Crippen LogP contribution in [0.15, 0.2) is 53.7 Å². The van der Waals surface area contributed by atoms with Crippen molar-refractivity contribution >= 4 is 15.8 Å². The normalized spacial score (nSPS) is 12.6. The molecule has 1 atom stereocenters. The molecule has 10 nitrogen and oxygen atoms in total. The van der Waals surface area contributed by atoms with E-state index < -0.39 is 15.8 Å². The highest BCUT2D eigenvalue weighted by Crippen LogP contribution is 2.33. The maximum atomic E-state index is 13.1. The average molecular weight is 431 g/mol. The number of aromatic nitrogens is 3. The van der Waals surface area contributed by atoms with Crippen molar-refractivity contribution in [2.75, 3.05) is 21.3 Å². The lowest BCUT2D eigenvalue weighted by atomic mass is 10.2. The number of carbonyl (C=O) groups is 1. The van der Waals surface area contributed by atoms with Gasteiger partial charge >= 0.3 is 0 Å². The van der Waals surface area contributed by atoms with Crippen molar-refractivity contribution in [2.45, 2.75) is 11.4 Å². The highest BCUT2D eigenvalue weighted by Gasteiger charge is 2.25. The quantitative estimate of drug-likeness (QED) is 0.559. The molecule has 0 bridgehead atoms. The molecule has 2 aromatic heterocycles. The van der Waals surface area contributed by atoms with Crippen LogP contribution in [0.5, 0.6) is 17.4 Å². The molecule has 1 unspecified atom stereocenters. The van der Waals surface area contributed by atoms with Crippen LogP contribution in [0.3, 0.4) is 0 Å². The Morgan fingerprint density at radius 1 is 1.10 bits per heavy atom. The predicted molar refractivity (Wildman–Crippen MR) is 108 cm³/mol. The Kier molecular flexibility index (Phi) is 6.21. The van der Waals surface area contributed by atoms with Gasteiger partial charge in [0.2, 0.25) is 5.88 Å². The van der Waals surface area contributed by atoms with Gasteiger partial charge < -0.3 is 14.2 Å². The first-order valence-electron chi connectivity index (χ1n) is 8.73. The van der Waals surface area contributed by atoms with E-state index >= 15 is 0 Å². The Bertz CT molecular complexity index is 1120. The molecule has 0 spiro atoms. The molecule has 0 saturated heterocycles. The predicted octanol–water partition coefficient (Wildman–Crippen LogP) is 2.10. The van der Waals surface area contributed by atoms with Gasteiger partial charge in [-0.2, -0.15) is 5.10 Å². The van der Waals surface area contributed by atoms with Crippen molar-refractivity contribution in [1.29, 1.82) is 4.78 Å². The molecular weight excluding hydrogens is 410 g/mol. The van der Waals surface area contributed by atoms with Crippen LogP contribution in [-0.4, -0.2) is 46.2 Å². The molecule has 1 aromatic carbocycles. The summed E-state index contributed by atoms with van der Waals surface area (Å²) in [4.78, 5) is 16.8. The minimum Gasteiger partial charge on any atom is -0.495 e. The molecule has 30 heavy (non-hydrogen) atoms. The molecule has 1 amide bonds. The molecule has 158 valence electrons. The standard InChI is InChI=1S/C19H21N5O5S/c1-27-15-6-4-7-16(28-2)17(15)30(20,26)23-18(25)14-9-8-13(19(22-14)29-3)12-24-11-5-10-21-24/h4-11H,12H2,1-3H3,(H2,20,23,25,26). The van der Waals surface area contributed by atoms with Crippen molar-refractivity contribution < 1.29 is 23.2 Å². The lowest BCUT2D eigenvalue weighted by Gasteiger charge is -2.16. The van der Waals surface area contributed by atoms with E-state index in [0.29, 0.717) is 12.1 Å². The third-order valence-electron chi connectivity index (χ3n) is 4.16. The van der Waals surface area contributed by atoms with Crippen molar-refractivity contribution in [2.24, 2.45) is 0 Å². The number of amides is 1. The van der Waals surface area contributed by atoms with Gasteiger partial charge in [0.25, 0.3) is 5.91 Å². The molecule has 0 aliphatic rings. The summed E-state index contributed by atoms with van der Waals surface area (Å²) in [5.74, 6) is -0.249. The second-order valence-corrected chi connectivity index (χ2v) is 7.77. The monoisotopic (exact) mass is 431 g/mol. The summed E-state index contributed by atoms with van der Waals surface area (Å²) in [7, 11) is 0.377. The minimum atomic E-state index is -3.81. The molecule has 11 heteroatoms. The summed E-state index contributed by atoms with van der Waals surface area (Å²) < 4.78 is 40.9. The zero-order chi connectivity index (χ0) is 21.7. The summed E-state index contributed by atoms with van der Waals surface area (Å²) in [5.41, 5.74) is 0.653. The number of hydrogen-bond donors (Lipinski definition) is 2. The second-order valence-electron chi connectivity index (χ2n) is 6.05. The van der Waals surface area contributed by atoms with E-state index in [4.69, 9.17) is 19.0 Å². The number of carbonyl (C=O) groups excluding carboxylic acids is 1. The molecular formula is C19H21N5O5S. The van der Waals surface area contributed by atoms with E-state index in [2.05, 4.69) is 14.8 Å². The Morgan fingerprint density at radius 2 is 1.80 bits per heavy atom. The molecule has 2 N–H and O–H groups in total. The second kappa shape index (κ2) is 8.82. The lowest BCUT2D eigenvalue weighted by Crippen LogP contribution is -2.31. The molecule has 0 aliphatic heterocycles. The highest BCUT2D eigenvalue weighted by molar-refractivity contribution is 7.91. The Morgan fingerprint density at radius 3 is 2.37 bits per heavy atom. The number of benzene rings is 1. The molecule has 3 aromatic rings. The third-order valence-corrected chi connectivity index (χ3v) is 5.61. The van der Waals surface area contributed by atoms with E-state index in [1.54, 1.807) is 35.3 Å². The van der Waals surface area contributed by atoms with Crippen LogP contribution in [0.1, 0.15) is 16.1 Å². The maximum Gasteiger partial charge on any atom is 0.282 e. The van der Waals surface area contributed by atoms with E-state index in [0.717, 1.165) is 0 Å². The fourth-order valence-electron chi connectivity index (χ4n) is 2.80. The van der Waals surface area contributed by atoms with Gasteiger partial charge in [-0.1, -0.05) is 6.07 Å². The Balaban J connectivity index is 1.89. The maximum absolute atomic E-state index is 13.1. The van der Waals surface area contributed by atoms with E-state index in [1.165, 1.54) is 39.5 Å². The molecule has 0 aliphatic carbocycles. The van der Waals surface area contributed by atoms with Crippen LogP contribution in [-0.2, 0) is 16.5 Å². The Hall–Kier alpha value is -3.60. The number of hydrogen-bond acceptors (Lipinski definition) is 8. The van der Waals surface area contributed by atoms with E-state index in [1.807, 2.05) is 0 Å². The van der Waals surface area contributed by atoms with E-state index in [9.17, 15) is 9.00 Å². The first-order chi connectivity index (χ1) is 14.4. The summed E-state index contributed by atoms with van der Waals surface area (Å²) in [6.07, 6.45) is 3.44. The molecule has 0 saturated carbocycles. The number of nitrogens with zero attached hydrogens (tertiary/aromatic N) is 3. The SMILES string of the molecule is COc1cccc(OC)c1S(=N)(=O)NC(=O)c1ccc(Cn2cccn2)c(OC)n1. The van der Waals surface area contributed by atoms with Crippen LogP contribution in [0.25, 0.3) is 0 Å². The van der Waals surface area contributed by atoms with Crippen LogP contribution >= 0.6 is 0 Å². The van der Waals surface area contributed by atoms with Crippen LogP contribution in [0.2, 0.25) is 0 Å². The first kappa shape index (κ1) is 21.1.